The maximum absolute atomic E-state index is 13.3. The molecule has 0 aliphatic carbocycles. The van der Waals surface area contributed by atoms with Gasteiger partial charge in [-0.25, -0.2) is 4.39 Å². The summed E-state index contributed by atoms with van der Waals surface area (Å²) in [6.07, 6.45) is 0. The van der Waals surface area contributed by atoms with Gasteiger partial charge in [-0.05, 0) is 40.2 Å². The number of nitrogens with zero attached hydrogens (tertiary/aromatic N) is 1. The van der Waals surface area contributed by atoms with Crippen molar-refractivity contribution in [2.45, 2.75) is 6.04 Å². The number of halogens is 2. The molecule has 24 heavy (non-hydrogen) atoms. The van der Waals surface area contributed by atoms with Gasteiger partial charge in [0, 0.05) is 29.7 Å². The number of nitrogens with one attached hydrogen (secondary N) is 1. The molecule has 1 aliphatic heterocycles. The van der Waals surface area contributed by atoms with Gasteiger partial charge >= 0.3 is 0 Å². The highest BCUT2D eigenvalue weighted by molar-refractivity contribution is 9.10. The van der Waals surface area contributed by atoms with E-state index in [1.165, 1.54) is 18.2 Å². The lowest BCUT2D eigenvalue weighted by molar-refractivity contribution is 0.0630. The summed E-state index contributed by atoms with van der Waals surface area (Å²) in [6, 6.07) is 11.7. The van der Waals surface area contributed by atoms with Crippen LogP contribution >= 0.6 is 15.9 Å². The van der Waals surface area contributed by atoms with Crippen molar-refractivity contribution >= 4 is 21.8 Å². The average molecular weight is 393 g/mol. The largest absolute Gasteiger partial charge is 0.496 e. The molecule has 3 rings (SSSR count). The number of carbonyl (C=O) groups is 1. The van der Waals surface area contributed by atoms with Gasteiger partial charge in [-0.15, -0.1) is 0 Å². The van der Waals surface area contributed by atoms with Crippen molar-refractivity contribution < 1.29 is 13.9 Å². The lowest BCUT2D eigenvalue weighted by atomic mass is 10.0. The van der Waals surface area contributed by atoms with E-state index in [4.69, 9.17) is 4.74 Å². The minimum Gasteiger partial charge on any atom is -0.496 e. The zero-order valence-corrected chi connectivity index (χ0v) is 14.8. The smallest absolute Gasteiger partial charge is 0.255 e. The molecular formula is C18H18BrFN2O2. The Morgan fingerprint density at radius 2 is 2.12 bits per heavy atom. The Balaban J connectivity index is 1.96. The first kappa shape index (κ1) is 16.9. The first-order valence-corrected chi connectivity index (χ1v) is 8.50. The SMILES string of the molecule is COc1ccccc1C1CNCCN1C(=O)c1ccc(F)cc1Br. The van der Waals surface area contributed by atoms with Gasteiger partial charge in [0.25, 0.3) is 5.91 Å². The molecular weight excluding hydrogens is 375 g/mol. The molecule has 0 saturated carbocycles. The molecule has 4 nitrogen and oxygen atoms in total. The zero-order valence-electron chi connectivity index (χ0n) is 13.3. The Labute approximate surface area is 148 Å². The van der Waals surface area contributed by atoms with E-state index < -0.39 is 0 Å². The third kappa shape index (κ3) is 3.30. The number of rotatable bonds is 3. The van der Waals surface area contributed by atoms with Crippen LogP contribution < -0.4 is 10.1 Å². The van der Waals surface area contributed by atoms with E-state index in [1.807, 2.05) is 29.2 Å². The monoisotopic (exact) mass is 392 g/mol. The van der Waals surface area contributed by atoms with Crippen LogP contribution in [0.5, 0.6) is 5.75 Å². The first-order chi connectivity index (χ1) is 11.6. The molecule has 126 valence electrons. The Morgan fingerprint density at radius 3 is 2.88 bits per heavy atom. The highest BCUT2D eigenvalue weighted by Gasteiger charge is 2.31. The van der Waals surface area contributed by atoms with Crippen molar-refractivity contribution in [3.8, 4) is 5.75 Å². The van der Waals surface area contributed by atoms with E-state index in [1.54, 1.807) is 7.11 Å². The van der Waals surface area contributed by atoms with Crippen LogP contribution in [0, 0.1) is 5.82 Å². The second kappa shape index (κ2) is 7.32. The van der Waals surface area contributed by atoms with Gasteiger partial charge in [0.05, 0.1) is 18.7 Å². The fraction of sp³-hybridized carbons (Fsp3) is 0.278. The minimum absolute atomic E-state index is 0.126. The van der Waals surface area contributed by atoms with Crippen LogP contribution in [0.2, 0.25) is 0 Å². The topological polar surface area (TPSA) is 41.6 Å². The van der Waals surface area contributed by atoms with E-state index >= 15 is 0 Å². The van der Waals surface area contributed by atoms with E-state index in [-0.39, 0.29) is 17.8 Å². The molecule has 1 N–H and O–H groups in total. The molecule has 0 bridgehead atoms. The van der Waals surface area contributed by atoms with Gasteiger partial charge in [0.15, 0.2) is 0 Å². The van der Waals surface area contributed by atoms with E-state index in [9.17, 15) is 9.18 Å². The summed E-state index contributed by atoms with van der Waals surface area (Å²) in [7, 11) is 1.62. The number of hydrogen-bond acceptors (Lipinski definition) is 3. The van der Waals surface area contributed by atoms with Crippen LogP contribution in [0.25, 0.3) is 0 Å². The Kier molecular flexibility index (Phi) is 5.16. The normalized spacial score (nSPS) is 17.6. The molecule has 1 fully saturated rings. The number of benzene rings is 2. The van der Waals surface area contributed by atoms with E-state index in [0.29, 0.717) is 23.1 Å². The summed E-state index contributed by atoms with van der Waals surface area (Å²) in [5.41, 5.74) is 1.41. The fourth-order valence-corrected chi connectivity index (χ4v) is 3.51. The third-order valence-electron chi connectivity index (χ3n) is 4.16. The van der Waals surface area contributed by atoms with Crippen LogP contribution in [0.4, 0.5) is 4.39 Å². The van der Waals surface area contributed by atoms with Crippen molar-refractivity contribution in [2.24, 2.45) is 0 Å². The molecule has 0 aromatic heterocycles. The number of carbonyl (C=O) groups excluding carboxylic acids is 1. The summed E-state index contributed by atoms with van der Waals surface area (Å²) < 4.78 is 19.2. The van der Waals surface area contributed by atoms with Crippen LogP contribution in [-0.4, -0.2) is 37.6 Å². The van der Waals surface area contributed by atoms with Crippen molar-refractivity contribution in [3.05, 3.63) is 63.9 Å². The Bertz CT molecular complexity index is 754. The molecule has 1 atom stereocenters. The molecule has 0 spiro atoms. The Morgan fingerprint density at radius 1 is 1.33 bits per heavy atom. The first-order valence-electron chi connectivity index (χ1n) is 7.71. The van der Waals surface area contributed by atoms with E-state index in [2.05, 4.69) is 21.2 Å². The molecule has 2 aromatic carbocycles. The predicted molar refractivity (Wildman–Crippen MR) is 93.7 cm³/mol. The number of methoxy groups -OCH3 is 1. The maximum atomic E-state index is 13.3. The van der Waals surface area contributed by atoms with Gasteiger partial charge in [0.1, 0.15) is 11.6 Å². The summed E-state index contributed by atoms with van der Waals surface area (Å²) in [6.45, 7) is 1.94. The minimum atomic E-state index is -0.375. The molecule has 2 aromatic rings. The second-order valence-corrected chi connectivity index (χ2v) is 6.44. The van der Waals surface area contributed by atoms with Gasteiger partial charge in [-0.2, -0.15) is 0 Å². The molecule has 1 heterocycles. The number of hydrogen-bond donors (Lipinski definition) is 1. The maximum Gasteiger partial charge on any atom is 0.255 e. The van der Waals surface area contributed by atoms with Gasteiger partial charge in [-0.1, -0.05) is 18.2 Å². The van der Waals surface area contributed by atoms with Crippen LogP contribution in [0.1, 0.15) is 22.0 Å². The number of piperazine rings is 1. The van der Waals surface area contributed by atoms with Crippen molar-refractivity contribution in [1.82, 2.24) is 10.2 Å². The summed E-state index contributed by atoms with van der Waals surface area (Å²) in [5.74, 6) is 0.251. The van der Waals surface area contributed by atoms with Crippen LogP contribution in [0.3, 0.4) is 0 Å². The summed E-state index contributed by atoms with van der Waals surface area (Å²) in [4.78, 5) is 14.8. The highest BCUT2D eigenvalue weighted by atomic mass is 79.9. The van der Waals surface area contributed by atoms with Crippen molar-refractivity contribution in [1.29, 1.82) is 0 Å². The number of para-hydroxylation sites is 1. The molecule has 1 aliphatic rings. The molecule has 6 heteroatoms. The molecule has 1 saturated heterocycles. The molecule has 1 amide bonds. The molecule has 1 unspecified atom stereocenters. The van der Waals surface area contributed by atoms with Crippen LogP contribution in [-0.2, 0) is 0 Å². The van der Waals surface area contributed by atoms with E-state index in [0.717, 1.165) is 17.9 Å². The molecule has 0 radical (unpaired) electrons. The number of ether oxygens (including phenoxy) is 1. The lowest BCUT2D eigenvalue weighted by Crippen LogP contribution is -2.48. The van der Waals surface area contributed by atoms with Crippen LogP contribution in [0.15, 0.2) is 46.9 Å². The fourth-order valence-electron chi connectivity index (χ4n) is 2.98. The Hall–Kier alpha value is -1.92. The highest BCUT2D eigenvalue weighted by Crippen LogP contribution is 2.32. The van der Waals surface area contributed by atoms with Crippen molar-refractivity contribution in [3.63, 3.8) is 0 Å². The summed E-state index contributed by atoms with van der Waals surface area (Å²) in [5, 5.41) is 3.32. The van der Waals surface area contributed by atoms with Crippen molar-refractivity contribution in [2.75, 3.05) is 26.7 Å². The zero-order chi connectivity index (χ0) is 17.1. The third-order valence-corrected chi connectivity index (χ3v) is 4.82. The second-order valence-electron chi connectivity index (χ2n) is 5.58. The quantitative estimate of drug-likeness (QED) is 0.870. The average Bonchev–Trinajstić information content (AvgIpc) is 2.61. The number of amides is 1. The van der Waals surface area contributed by atoms with Gasteiger partial charge in [-0.3, -0.25) is 4.79 Å². The standard InChI is InChI=1S/C18H18BrFN2O2/c1-24-17-5-3-2-4-14(17)16-11-21-8-9-22(16)18(23)13-7-6-12(20)10-15(13)19/h2-7,10,16,21H,8-9,11H2,1H3. The van der Waals surface area contributed by atoms with Gasteiger partial charge in [0.2, 0.25) is 0 Å². The predicted octanol–water partition coefficient (Wildman–Crippen LogP) is 3.38. The summed E-state index contributed by atoms with van der Waals surface area (Å²) >= 11 is 3.29. The van der Waals surface area contributed by atoms with Gasteiger partial charge < -0.3 is 15.0 Å². The lowest BCUT2D eigenvalue weighted by Gasteiger charge is -2.37.